The van der Waals surface area contributed by atoms with Crippen molar-refractivity contribution in [1.29, 1.82) is 0 Å². The molecule has 0 aromatic heterocycles. The predicted molar refractivity (Wildman–Crippen MR) is 63.4 cm³/mol. The molecular weight excluding hydrogens is 206 g/mol. The van der Waals surface area contributed by atoms with Gasteiger partial charge in [-0.1, -0.05) is 0 Å². The van der Waals surface area contributed by atoms with Gasteiger partial charge in [0.15, 0.2) is 0 Å². The van der Waals surface area contributed by atoms with Gasteiger partial charge >= 0.3 is 0 Å². The van der Waals surface area contributed by atoms with E-state index in [9.17, 15) is 4.79 Å². The van der Waals surface area contributed by atoms with Crippen molar-refractivity contribution in [3.8, 4) is 0 Å². The van der Waals surface area contributed by atoms with Crippen molar-refractivity contribution >= 4 is 5.91 Å². The van der Waals surface area contributed by atoms with E-state index in [-0.39, 0.29) is 18.6 Å². The van der Waals surface area contributed by atoms with Gasteiger partial charge in [-0.05, 0) is 33.5 Å². The molecule has 0 bridgehead atoms. The summed E-state index contributed by atoms with van der Waals surface area (Å²) in [4.78, 5) is 13.4. The van der Waals surface area contributed by atoms with E-state index >= 15 is 0 Å². The van der Waals surface area contributed by atoms with Crippen LogP contribution >= 0.6 is 0 Å². The fourth-order valence-corrected chi connectivity index (χ4v) is 1.63. The molecule has 0 aromatic carbocycles. The Bertz CT molecular complexity index is 203. The maximum atomic E-state index is 11.4. The molecule has 1 saturated heterocycles. The van der Waals surface area contributed by atoms with E-state index in [1.165, 1.54) is 0 Å². The van der Waals surface area contributed by atoms with Crippen LogP contribution in [0.5, 0.6) is 0 Å². The number of carbonyl (C=O) groups is 1. The Hall–Kier alpha value is -0.650. The van der Waals surface area contributed by atoms with E-state index < -0.39 is 0 Å². The third-order valence-corrected chi connectivity index (χ3v) is 2.58. The van der Waals surface area contributed by atoms with Crippen LogP contribution in [0.4, 0.5) is 0 Å². The molecule has 2 N–H and O–H groups in total. The smallest absolute Gasteiger partial charge is 0.246 e. The molecule has 0 spiro atoms. The fraction of sp³-hybridized carbons (Fsp3) is 0.909. The quantitative estimate of drug-likeness (QED) is 0.640. The molecule has 1 rings (SSSR count). The first-order chi connectivity index (χ1) is 7.68. The summed E-state index contributed by atoms with van der Waals surface area (Å²) in [5, 5.41) is 6.08. The molecule has 5 heteroatoms. The van der Waals surface area contributed by atoms with E-state index in [1.54, 1.807) is 0 Å². The van der Waals surface area contributed by atoms with Crippen LogP contribution in [0, 0.1) is 0 Å². The number of carbonyl (C=O) groups excluding carboxylic acids is 1. The molecule has 0 aromatic rings. The van der Waals surface area contributed by atoms with Gasteiger partial charge in [-0.2, -0.15) is 0 Å². The van der Waals surface area contributed by atoms with Gasteiger partial charge in [0.25, 0.3) is 0 Å². The summed E-state index contributed by atoms with van der Waals surface area (Å²) < 4.78 is 5.51. The molecular formula is C11H23N3O2. The molecule has 16 heavy (non-hydrogen) atoms. The lowest BCUT2D eigenvalue weighted by atomic mass is 10.1. The van der Waals surface area contributed by atoms with E-state index in [0.29, 0.717) is 6.54 Å². The summed E-state index contributed by atoms with van der Waals surface area (Å²) in [6, 6.07) is 0. The van der Waals surface area contributed by atoms with Crippen molar-refractivity contribution in [3.05, 3.63) is 0 Å². The zero-order valence-electron chi connectivity index (χ0n) is 10.3. The molecule has 1 amide bonds. The van der Waals surface area contributed by atoms with Crippen LogP contribution in [0.2, 0.25) is 0 Å². The van der Waals surface area contributed by atoms with Gasteiger partial charge in [-0.25, -0.2) is 0 Å². The second kappa shape index (κ2) is 7.60. The van der Waals surface area contributed by atoms with Gasteiger partial charge < -0.3 is 20.3 Å². The summed E-state index contributed by atoms with van der Waals surface area (Å²) in [6.07, 6.45) is 2.39. The van der Waals surface area contributed by atoms with E-state index in [2.05, 4.69) is 10.6 Å². The summed E-state index contributed by atoms with van der Waals surface area (Å²) in [6.45, 7) is 3.65. The van der Waals surface area contributed by atoms with E-state index in [0.717, 1.165) is 32.5 Å². The summed E-state index contributed by atoms with van der Waals surface area (Å²) in [5.74, 6) is -0.0209. The zero-order chi connectivity index (χ0) is 11.8. The molecule has 0 aliphatic carbocycles. The van der Waals surface area contributed by atoms with Crippen molar-refractivity contribution in [1.82, 2.24) is 15.5 Å². The molecule has 1 atom stereocenters. The molecule has 1 aliphatic rings. The van der Waals surface area contributed by atoms with E-state index in [1.807, 2.05) is 19.0 Å². The number of likely N-dealkylation sites (N-methyl/N-ethyl adjacent to an activating group) is 1. The first kappa shape index (κ1) is 13.4. The Morgan fingerprint density at radius 3 is 3.00 bits per heavy atom. The molecule has 0 saturated carbocycles. The molecule has 0 radical (unpaired) electrons. The highest BCUT2D eigenvalue weighted by Crippen LogP contribution is 2.05. The average molecular weight is 229 g/mol. The van der Waals surface area contributed by atoms with Crippen molar-refractivity contribution in [2.75, 3.05) is 46.9 Å². The maximum Gasteiger partial charge on any atom is 0.246 e. The van der Waals surface area contributed by atoms with E-state index in [4.69, 9.17) is 4.74 Å². The SMILES string of the molecule is CN(C)CCNC(=O)CO[C@H]1CCCNC1. The van der Waals surface area contributed by atoms with Gasteiger partial charge in [0.1, 0.15) is 6.61 Å². The van der Waals surface area contributed by atoms with Crippen LogP contribution in [-0.2, 0) is 9.53 Å². The summed E-state index contributed by atoms with van der Waals surface area (Å²) in [7, 11) is 3.96. The number of rotatable bonds is 6. The van der Waals surface area contributed by atoms with Crippen LogP contribution in [0.1, 0.15) is 12.8 Å². The monoisotopic (exact) mass is 229 g/mol. The first-order valence-electron chi connectivity index (χ1n) is 5.92. The highest BCUT2D eigenvalue weighted by molar-refractivity contribution is 5.77. The Balaban J connectivity index is 2.00. The number of hydrogen-bond donors (Lipinski definition) is 2. The minimum atomic E-state index is -0.0209. The zero-order valence-corrected chi connectivity index (χ0v) is 10.3. The van der Waals surface area contributed by atoms with Crippen molar-refractivity contribution in [2.24, 2.45) is 0 Å². The topological polar surface area (TPSA) is 53.6 Å². The lowest BCUT2D eigenvalue weighted by molar-refractivity contribution is -0.128. The minimum absolute atomic E-state index is 0.0209. The van der Waals surface area contributed by atoms with Crippen molar-refractivity contribution in [3.63, 3.8) is 0 Å². The third-order valence-electron chi connectivity index (χ3n) is 2.58. The van der Waals surface area contributed by atoms with Crippen molar-refractivity contribution < 1.29 is 9.53 Å². The lowest BCUT2D eigenvalue weighted by Crippen LogP contribution is -2.39. The highest BCUT2D eigenvalue weighted by atomic mass is 16.5. The lowest BCUT2D eigenvalue weighted by Gasteiger charge is -2.22. The summed E-state index contributed by atoms with van der Waals surface area (Å²) in [5.41, 5.74) is 0. The maximum absolute atomic E-state index is 11.4. The van der Waals surface area contributed by atoms with Crippen LogP contribution < -0.4 is 10.6 Å². The molecule has 1 aliphatic heterocycles. The molecule has 5 nitrogen and oxygen atoms in total. The second-order valence-electron chi connectivity index (χ2n) is 4.43. The minimum Gasteiger partial charge on any atom is -0.367 e. The molecule has 1 fully saturated rings. The number of piperidine rings is 1. The van der Waals surface area contributed by atoms with Gasteiger partial charge in [0.05, 0.1) is 6.10 Å². The van der Waals surface area contributed by atoms with Crippen molar-refractivity contribution in [2.45, 2.75) is 18.9 Å². The number of hydrogen-bond acceptors (Lipinski definition) is 4. The number of ether oxygens (including phenoxy) is 1. The first-order valence-corrected chi connectivity index (χ1v) is 5.92. The number of nitrogens with zero attached hydrogens (tertiary/aromatic N) is 1. The third kappa shape index (κ3) is 6.05. The van der Waals surface area contributed by atoms with Crippen LogP contribution in [0.15, 0.2) is 0 Å². The second-order valence-corrected chi connectivity index (χ2v) is 4.43. The van der Waals surface area contributed by atoms with Crippen LogP contribution in [-0.4, -0.2) is 63.8 Å². The predicted octanol–water partition coefficient (Wildman–Crippen LogP) is -0.567. The standard InChI is InChI=1S/C11H23N3O2/c1-14(2)7-6-13-11(15)9-16-10-4-3-5-12-8-10/h10,12H,3-9H2,1-2H3,(H,13,15)/t10-/m0/s1. The Labute approximate surface area is 97.5 Å². The summed E-state index contributed by atoms with van der Waals surface area (Å²) >= 11 is 0. The molecule has 0 unspecified atom stereocenters. The van der Waals surface area contributed by atoms with Crippen LogP contribution in [0.25, 0.3) is 0 Å². The van der Waals surface area contributed by atoms with Gasteiger partial charge in [0, 0.05) is 19.6 Å². The number of nitrogens with one attached hydrogen (secondary N) is 2. The molecule has 1 heterocycles. The normalized spacial score (nSPS) is 21.1. The largest absolute Gasteiger partial charge is 0.367 e. The van der Waals surface area contributed by atoms with Crippen LogP contribution in [0.3, 0.4) is 0 Å². The van der Waals surface area contributed by atoms with Gasteiger partial charge in [-0.3, -0.25) is 4.79 Å². The fourth-order valence-electron chi connectivity index (χ4n) is 1.63. The van der Waals surface area contributed by atoms with Gasteiger partial charge in [-0.15, -0.1) is 0 Å². The molecule has 94 valence electrons. The Kier molecular flexibility index (Phi) is 6.37. The average Bonchev–Trinajstić information content (AvgIpc) is 2.27. The Morgan fingerprint density at radius 1 is 1.56 bits per heavy atom. The highest BCUT2D eigenvalue weighted by Gasteiger charge is 2.14. The Morgan fingerprint density at radius 2 is 2.38 bits per heavy atom. The van der Waals surface area contributed by atoms with Gasteiger partial charge in [0.2, 0.25) is 5.91 Å². The number of amides is 1.